The summed E-state index contributed by atoms with van der Waals surface area (Å²) in [6.07, 6.45) is 0.471. The highest BCUT2D eigenvalue weighted by molar-refractivity contribution is 7.89. The molecular formula is C10H14FN3O4S. The maximum atomic E-state index is 13.1. The van der Waals surface area contributed by atoms with E-state index < -0.39 is 32.5 Å². The van der Waals surface area contributed by atoms with Gasteiger partial charge in [0.15, 0.2) is 0 Å². The molecule has 1 unspecified atom stereocenters. The molecule has 1 atom stereocenters. The van der Waals surface area contributed by atoms with Crippen molar-refractivity contribution in [1.82, 2.24) is 4.72 Å². The van der Waals surface area contributed by atoms with Crippen molar-refractivity contribution in [3.8, 4) is 0 Å². The van der Waals surface area contributed by atoms with Crippen LogP contribution in [0.2, 0.25) is 0 Å². The van der Waals surface area contributed by atoms with Crippen molar-refractivity contribution in [2.24, 2.45) is 5.73 Å². The van der Waals surface area contributed by atoms with Gasteiger partial charge < -0.3 is 5.73 Å². The average molecular weight is 291 g/mol. The van der Waals surface area contributed by atoms with Gasteiger partial charge in [0.1, 0.15) is 0 Å². The molecule has 1 aromatic carbocycles. The Hall–Kier alpha value is -1.58. The van der Waals surface area contributed by atoms with Gasteiger partial charge in [0.2, 0.25) is 15.8 Å². The zero-order valence-corrected chi connectivity index (χ0v) is 11.0. The van der Waals surface area contributed by atoms with Crippen molar-refractivity contribution >= 4 is 15.7 Å². The molecule has 0 saturated carbocycles. The average Bonchev–Trinajstić information content (AvgIpc) is 2.35. The number of benzene rings is 1. The highest BCUT2D eigenvalue weighted by Crippen LogP contribution is 2.21. The van der Waals surface area contributed by atoms with Gasteiger partial charge in [-0.2, -0.15) is 4.39 Å². The summed E-state index contributed by atoms with van der Waals surface area (Å²) in [6.45, 7) is 1.84. The van der Waals surface area contributed by atoms with Gasteiger partial charge in [-0.05, 0) is 18.6 Å². The summed E-state index contributed by atoms with van der Waals surface area (Å²) in [5, 5.41) is 10.6. The van der Waals surface area contributed by atoms with E-state index >= 15 is 0 Å². The van der Waals surface area contributed by atoms with Gasteiger partial charge in [0.25, 0.3) is 0 Å². The first-order valence-electron chi connectivity index (χ1n) is 5.48. The number of nitrogens with one attached hydrogen (secondary N) is 1. The fraction of sp³-hybridized carbons (Fsp3) is 0.400. The van der Waals surface area contributed by atoms with Crippen molar-refractivity contribution in [2.75, 3.05) is 6.54 Å². The van der Waals surface area contributed by atoms with Crippen LogP contribution in [-0.2, 0) is 10.0 Å². The summed E-state index contributed by atoms with van der Waals surface area (Å²) in [5.74, 6) is -1.09. The Morgan fingerprint density at radius 2 is 2.16 bits per heavy atom. The molecule has 1 aromatic rings. The highest BCUT2D eigenvalue weighted by Gasteiger charge is 2.23. The Kier molecular flexibility index (Phi) is 4.92. The number of sulfonamides is 1. The SMILES string of the molecule is CCC(CN)NS(=O)(=O)c1ccc(F)c([N+](=O)[O-])c1. The summed E-state index contributed by atoms with van der Waals surface area (Å²) in [7, 11) is -3.96. The van der Waals surface area contributed by atoms with Crippen molar-refractivity contribution in [3.05, 3.63) is 34.1 Å². The second kappa shape index (κ2) is 6.04. The largest absolute Gasteiger partial charge is 0.329 e. The first kappa shape index (κ1) is 15.5. The van der Waals surface area contributed by atoms with Gasteiger partial charge in [0.05, 0.1) is 9.82 Å². The monoisotopic (exact) mass is 291 g/mol. The van der Waals surface area contributed by atoms with E-state index in [0.29, 0.717) is 12.5 Å². The first-order valence-corrected chi connectivity index (χ1v) is 6.96. The molecule has 0 aliphatic carbocycles. The molecule has 0 heterocycles. The topological polar surface area (TPSA) is 115 Å². The predicted molar refractivity (Wildman–Crippen MR) is 66.5 cm³/mol. The molecule has 9 heteroatoms. The number of rotatable bonds is 6. The van der Waals surface area contributed by atoms with E-state index in [4.69, 9.17) is 5.73 Å². The fourth-order valence-electron chi connectivity index (χ4n) is 1.39. The summed E-state index contributed by atoms with van der Waals surface area (Å²) < 4.78 is 39.3. The first-order chi connectivity index (χ1) is 8.81. The van der Waals surface area contributed by atoms with Crippen LogP contribution < -0.4 is 10.5 Å². The van der Waals surface area contributed by atoms with Crippen molar-refractivity contribution in [2.45, 2.75) is 24.3 Å². The summed E-state index contributed by atoms with van der Waals surface area (Å²) in [6, 6.07) is 1.92. The van der Waals surface area contributed by atoms with Gasteiger partial charge in [-0.3, -0.25) is 10.1 Å². The third kappa shape index (κ3) is 3.69. The molecule has 0 fully saturated rings. The summed E-state index contributed by atoms with van der Waals surface area (Å²) >= 11 is 0. The van der Waals surface area contributed by atoms with Gasteiger partial charge in [-0.25, -0.2) is 13.1 Å². The third-order valence-electron chi connectivity index (χ3n) is 2.52. The van der Waals surface area contributed by atoms with Crippen LogP contribution in [0.1, 0.15) is 13.3 Å². The number of hydrogen-bond acceptors (Lipinski definition) is 5. The molecule has 7 nitrogen and oxygen atoms in total. The van der Waals surface area contributed by atoms with E-state index in [-0.39, 0.29) is 11.4 Å². The van der Waals surface area contributed by atoms with Gasteiger partial charge in [-0.1, -0.05) is 6.92 Å². The maximum absolute atomic E-state index is 13.1. The third-order valence-corrected chi connectivity index (χ3v) is 4.04. The van der Waals surface area contributed by atoms with Crippen LogP contribution in [-0.4, -0.2) is 25.9 Å². The summed E-state index contributed by atoms with van der Waals surface area (Å²) in [5.41, 5.74) is 4.49. The lowest BCUT2D eigenvalue weighted by atomic mass is 10.2. The molecule has 0 radical (unpaired) electrons. The molecule has 19 heavy (non-hydrogen) atoms. The molecule has 0 aromatic heterocycles. The minimum Gasteiger partial charge on any atom is -0.329 e. The molecule has 0 aliphatic rings. The Balaban J connectivity index is 3.15. The number of nitro groups is 1. The normalized spacial score (nSPS) is 13.2. The Morgan fingerprint density at radius 1 is 1.53 bits per heavy atom. The van der Waals surface area contributed by atoms with Crippen LogP contribution in [0.4, 0.5) is 10.1 Å². The van der Waals surface area contributed by atoms with E-state index in [2.05, 4.69) is 4.72 Å². The number of nitro benzene ring substituents is 1. The smallest absolute Gasteiger partial charge is 0.306 e. The molecule has 1 rings (SSSR count). The van der Waals surface area contributed by atoms with Crippen LogP contribution in [0.15, 0.2) is 23.1 Å². The molecule has 0 bridgehead atoms. The van der Waals surface area contributed by atoms with Crippen LogP contribution >= 0.6 is 0 Å². The molecule has 0 saturated heterocycles. The number of nitrogens with two attached hydrogens (primary N) is 1. The van der Waals surface area contributed by atoms with Gasteiger partial charge >= 0.3 is 5.69 Å². The highest BCUT2D eigenvalue weighted by atomic mass is 32.2. The van der Waals surface area contributed by atoms with E-state index in [9.17, 15) is 22.9 Å². The summed E-state index contributed by atoms with van der Waals surface area (Å²) in [4.78, 5) is 9.22. The van der Waals surface area contributed by atoms with E-state index in [1.165, 1.54) is 0 Å². The molecular weight excluding hydrogens is 277 g/mol. The maximum Gasteiger partial charge on any atom is 0.306 e. The number of hydrogen-bond donors (Lipinski definition) is 2. The van der Waals surface area contributed by atoms with Gasteiger partial charge in [0, 0.05) is 18.7 Å². The minimum absolute atomic E-state index is 0.0962. The fourth-order valence-corrected chi connectivity index (χ4v) is 2.74. The lowest BCUT2D eigenvalue weighted by molar-refractivity contribution is -0.387. The van der Waals surface area contributed by atoms with Crippen LogP contribution in [0.25, 0.3) is 0 Å². The minimum atomic E-state index is -3.96. The van der Waals surface area contributed by atoms with Crippen molar-refractivity contribution in [3.63, 3.8) is 0 Å². The van der Waals surface area contributed by atoms with E-state index in [1.54, 1.807) is 6.92 Å². The van der Waals surface area contributed by atoms with Crippen molar-refractivity contribution < 1.29 is 17.7 Å². The lowest BCUT2D eigenvalue weighted by Gasteiger charge is -2.14. The number of halogens is 1. The molecule has 0 amide bonds. The molecule has 106 valence electrons. The van der Waals surface area contributed by atoms with Crippen LogP contribution in [0.5, 0.6) is 0 Å². The molecule has 0 aliphatic heterocycles. The Bertz CT molecular complexity index is 572. The van der Waals surface area contributed by atoms with Crippen LogP contribution in [0, 0.1) is 15.9 Å². The van der Waals surface area contributed by atoms with Crippen LogP contribution in [0.3, 0.4) is 0 Å². The van der Waals surface area contributed by atoms with E-state index in [0.717, 1.165) is 12.1 Å². The standard InChI is InChI=1S/C10H14FN3O4S/c1-2-7(6-12)13-19(17,18)8-3-4-9(11)10(5-8)14(15)16/h3-5,7,13H,2,6,12H2,1H3. The van der Waals surface area contributed by atoms with Gasteiger partial charge in [-0.15, -0.1) is 0 Å². The molecule has 3 N–H and O–H groups in total. The zero-order valence-electron chi connectivity index (χ0n) is 10.2. The predicted octanol–water partition coefficient (Wildman–Crippen LogP) is 0.750. The Labute approximate surface area is 109 Å². The zero-order chi connectivity index (χ0) is 14.6. The number of nitrogens with zero attached hydrogens (tertiary/aromatic N) is 1. The lowest BCUT2D eigenvalue weighted by Crippen LogP contribution is -2.39. The second-order valence-corrected chi connectivity index (χ2v) is 5.55. The second-order valence-electron chi connectivity index (χ2n) is 3.83. The van der Waals surface area contributed by atoms with E-state index in [1.807, 2.05) is 0 Å². The Morgan fingerprint density at radius 3 is 2.63 bits per heavy atom. The molecule has 0 spiro atoms. The quantitative estimate of drug-likeness (QED) is 0.592. The van der Waals surface area contributed by atoms with Crippen molar-refractivity contribution in [1.29, 1.82) is 0 Å².